The summed E-state index contributed by atoms with van der Waals surface area (Å²) in [5.41, 5.74) is 8.17. The number of carbonyl (C=O) groups is 1. The summed E-state index contributed by atoms with van der Waals surface area (Å²) in [5.74, 6) is -2.45. The number of anilines is 1. The standard InChI is InChI=1S/C24H27F2N7O2S/c1-24(2,35)15-7-17(25)21(18(26)8-15)19-9-16(22(27)34)23(36-19)31-33-6-4-5-29-20(33)12-28-10-14-11-30-32(3)13-14/h4-9,11,13,20,28,31,35H,10,12H2,1-3H3,(H2,27,34). The third kappa shape index (κ3) is 5.61. The Morgan fingerprint density at radius 2 is 2.00 bits per heavy atom. The number of hydrogen-bond acceptors (Lipinski definition) is 8. The van der Waals surface area contributed by atoms with Crippen LogP contribution in [0.1, 0.15) is 35.3 Å². The van der Waals surface area contributed by atoms with Crippen molar-refractivity contribution in [1.29, 1.82) is 0 Å². The fourth-order valence-corrected chi connectivity index (χ4v) is 4.80. The molecule has 12 heteroatoms. The van der Waals surface area contributed by atoms with Gasteiger partial charge in [0, 0.05) is 49.2 Å². The van der Waals surface area contributed by atoms with Gasteiger partial charge in [0.05, 0.1) is 22.9 Å². The van der Waals surface area contributed by atoms with Gasteiger partial charge in [0.15, 0.2) is 6.17 Å². The van der Waals surface area contributed by atoms with Crippen LogP contribution in [0.3, 0.4) is 0 Å². The molecule has 0 saturated carbocycles. The molecule has 36 heavy (non-hydrogen) atoms. The lowest BCUT2D eigenvalue weighted by Gasteiger charge is -2.30. The fourth-order valence-electron chi connectivity index (χ4n) is 3.68. The first-order chi connectivity index (χ1) is 17.0. The molecule has 1 aliphatic rings. The van der Waals surface area contributed by atoms with Crippen LogP contribution in [0.5, 0.6) is 0 Å². The van der Waals surface area contributed by atoms with Crippen LogP contribution in [0.4, 0.5) is 13.8 Å². The largest absolute Gasteiger partial charge is 0.386 e. The number of halogens is 2. The van der Waals surface area contributed by atoms with E-state index in [1.807, 2.05) is 13.2 Å². The Morgan fingerprint density at radius 1 is 1.28 bits per heavy atom. The van der Waals surface area contributed by atoms with Gasteiger partial charge in [0.1, 0.15) is 16.6 Å². The number of aryl methyl sites for hydroxylation is 1. The van der Waals surface area contributed by atoms with Crippen molar-refractivity contribution < 1.29 is 18.7 Å². The molecule has 3 aromatic rings. The molecule has 1 unspecified atom stereocenters. The van der Waals surface area contributed by atoms with Crippen molar-refractivity contribution in [3.8, 4) is 10.4 Å². The summed E-state index contributed by atoms with van der Waals surface area (Å²) in [6.07, 6.45) is 8.44. The number of allylic oxidation sites excluding steroid dienone is 1. The maximum atomic E-state index is 14.9. The van der Waals surface area contributed by atoms with E-state index in [1.54, 1.807) is 34.4 Å². The zero-order valence-electron chi connectivity index (χ0n) is 20.0. The summed E-state index contributed by atoms with van der Waals surface area (Å²) >= 11 is 0.988. The van der Waals surface area contributed by atoms with Gasteiger partial charge in [-0.05, 0) is 43.7 Å². The topological polar surface area (TPSA) is 121 Å². The molecule has 1 aliphatic heterocycles. The number of rotatable bonds is 9. The van der Waals surface area contributed by atoms with E-state index >= 15 is 0 Å². The molecular formula is C24H27F2N7O2S. The van der Waals surface area contributed by atoms with E-state index in [9.17, 15) is 18.7 Å². The van der Waals surface area contributed by atoms with E-state index in [2.05, 4.69) is 20.8 Å². The smallest absolute Gasteiger partial charge is 0.251 e. The number of aliphatic hydroxyl groups is 1. The van der Waals surface area contributed by atoms with Gasteiger partial charge >= 0.3 is 0 Å². The van der Waals surface area contributed by atoms with E-state index in [4.69, 9.17) is 5.73 Å². The van der Waals surface area contributed by atoms with Crippen molar-refractivity contribution in [3.05, 3.63) is 71.2 Å². The molecule has 0 radical (unpaired) electrons. The van der Waals surface area contributed by atoms with Gasteiger partial charge in [-0.2, -0.15) is 5.10 Å². The SMILES string of the molecule is Cn1cc(CNCC2N=CC=CN2Nc2sc(-c3c(F)cc(C(C)(C)O)cc3F)cc2C(N)=O)cn1. The highest BCUT2D eigenvalue weighted by atomic mass is 32.1. The number of primary amides is 1. The quantitative estimate of drug-likeness (QED) is 0.348. The monoisotopic (exact) mass is 515 g/mol. The first kappa shape index (κ1) is 25.5. The molecule has 0 fully saturated rings. The lowest BCUT2D eigenvalue weighted by Crippen LogP contribution is -2.42. The number of thiophene rings is 1. The molecule has 3 heterocycles. The summed E-state index contributed by atoms with van der Waals surface area (Å²) in [4.78, 5) is 16.8. The molecule has 4 rings (SSSR count). The lowest BCUT2D eigenvalue weighted by atomic mass is 9.96. The average molecular weight is 516 g/mol. The van der Waals surface area contributed by atoms with Gasteiger partial charge in [-0.3, -0.25) is 24.9 Å². The Kier molecular flexibility index (Phi) is 7.20. The van der Waals surface area contributed by atoms with Crippen LogP contribution in [0.15, 0.2) is 47.9 Å². The third-order valence-corrected chi connectivity index (χ3v) is 6.61. The van der Waals surface area contributed by atoms with E-state index in [1.165, 1.54) is 19.9 Å². The second-order valence-corrected chi connectivity index (χ2v) is 9.94. The van der Waals surface area contributed by atoms with Crippen LogP contribution in [0, 0.1) is 11.6 Å². The van der Waals surface area contributed by atoms with Crippen LogP contribution >= 0.6 is 11.3 Å². The molecule has 190 valence electrons. The van der Waals surface area contributed by atoms with Crippen molar-refractivity contribution in [3.63, 3.8) is 0 Å². The van der Waals surface area contributed by atoms with Gasteiger partial charge in [-0.1, -0.05) is 0 Å². The number of nitrogens with one attached hydrogen (secondary N) is 2. The highest BCUT2D eigenvalue weighted by molar-refractivity contribution is 7.19. The first-order valence-corrected chi connectivity index (χ1v) is 11.9. The number of aliphatic imine (C=N–C) groups is 1. The van der Waals surface area contributed by atoms with Crippen LogP contribution in [0.2, 0.25) is 0 Å². The Morgan fingerprint density at radius 3 is 2.61 bits per heavy atom. The highest BCUT2D eigenvalue weighted by Gasteiger charge is 2.25. The Balaban J connectivity index is 1.56. The minimum Gasteiger partial charge on any atom is -0.386 e. The van der Waals surface area contributed by atoms with Gasteiger partial charge in [-0.25, -0.2) is 8.78 Å². The number of hydrazine groups is 1. The van der Waals surface area contributed by atoms with Crippen molar-refractivity contribution >= 4 is 28.5 Å². The third-order valence-electron chi connectivity index (χ3n) is 5.55. The molecule has 0 saturated heterocycles. The molecule has 0 aliphatic carbocycles. The predicted molar refractivity (Wildman–Crippen MR) is 135 cm³/mol. The van der Waals surface area contributed by atoms with Crippen molar-refractivity contribution in [2.45, 2.75) is 32.2 Å². The van der Waals surface area contributed by atoms with Gasteiger partial charge < -0.3 is 16.2 Å². The minimum absolute atomic E-state index is 0.0883. The number of nitrogens with two attached hydrogens (primary N) is 1. The van der Waals surface area contributed by atoms with Crippen LogP contribution in [-0.2, 0) is 19.2 Å². The summed E-state index contributed by atoms with van der Waals surface area (Å²) < 4.78 is 31.6. The summed E-state index contributed by atoms with van der Waals surface area (Å²) in [6, 6.07) is 3.52. The number of carbonyl (C=O) groups excluding carboxylic acids is 1. The van der Waals surface area contributed by atoms with Crippen molar-refractivity contribution in [2.75, 3.05) is 12.0 Å². The van der Waals surface area contributed by atoms with Crippen LogP contribution in [-0.4, -0.2) is 44.7 Å². The highest BCUT2D eigenvalue weighted by Crippen LogP contribution is 2.39. The number of hydrogen-bond donors (Lipinski definition) is 4. The summed E-state index contributed by atoms with van der Waals surface area (Å²) in [5, 5.41) is 19.6. The second kappa shape index (κ2) is 10.2. The number of amides is 1. The van der Waals surface area contributed by atoms with E-state index < -0.39 is 23.1 Å². The average Bonchev–Trinajstić information content (AvgIpc) is 3.40. The molecule has 1 amide bonds. The maximum Gasteiger partial charge on any atom is 0.251 e. The molecule has 5 N–H and O–H groups in total. The predicted octanol–water partition coefficient (Wildman–Crippen LogP) is 3.10. The molecule has 2 aromatic heterocycles. The van der Waals surface area contributed by atoms with E-state index in [-0.39, 0.29) is 27.7 Å². The molecule has 0 spiro atoms. The number of nitrogens with zero attached hydrogens (tertiary/aromatic N) is 4. The molecular weight excluding hydrogens is 488 g/mol. The first-order valence-electron chi connectivity index (χ1n) is 11.1. The van der Waals surface area contributed by atoms with E-state index in [0.29, 0.717) is 18.1 Å². The summed E-state index contributed by atoms with van der Waals surface area (Å²) in [6.45, 7) is 3.94. The Bertz CT molecular complexity index is 1300. The van der Waals surface area contributed by atoms with E-state index in [0.717, 1.165) is 29.0 Å². The number of benzene rings is 1. The molecule has 0 bridgehead atoms. The fraction of sp³-hybridized carbons (Fsp3) is 0.292. The summed E-state index contributed by atoms with van der Waals surface area (Å²) in [7, 11) is 1.84. The van der Waals surface area contributed by atoms with Crippen molar-refractivity contribution in [2.24, 2.45) is 17.8 Å². The van der Waals surface area contributed by atoms with Crippen LogP contribution < -0.4 is 16.5 Å². The Hall–Kier alpha value is -3.61. The normalized spacial score (nSPS) is 15.5. The van der Waals surface area contributed by atoms with Gasteiger partial charge in [0.25, 0.3) is 5.91 Å². The zero-order valence-corrected chi connectivity index (χ0v) is 20.8. The lowest BCUT2D eigenvalue weighted by molar-refractivity contribution is 0.0778. The van der Waals surface area contributed by atoms with Gasteiger partial charge in [-0.15, -0.1) is 11.3 Å². The van der Waals surface area contributed by atoms with Gasteiger partial charge in [0.2, 0.25) is 0 Å². The van der Waals surface area contributed by atoms with Crippen molar-refractivity contribution in [1.82, 2.24) is 20.1 Å². The zero-order chi connectivity index (χ0) is 26.0. The molecule has 1 atom stereocenters. The van der Waals surface area contributed by atoms with Crippen LogP contribution in [0.25, 0.3) is 10.4 Å². The molecule has 1 aromatic carbocycles. The molecule has 9 nitrogen and oxygen atoms in total. The Labute approximate surface area is 210 Å². The maximum absolute atomic E-state index is 14.9. The minimum atomic E-state index is -1.41. The number of aromatic nitrogens is 2. The second-order valence-electron chi connectivity index (χ2n) is 8.88.